The highest BCUT2D eigenvalue weighted by molar-refractivity contribution is 7.81. The van der Waals surface area contributed by atoms with E-state index in [1.54, 1.807) is 0 Å². The lowest BCUT2D eigenvalue weighted by atomic mass is 10.2. The summed E-state index contributed by atoms with van der Waals surface area (Å²) >= 11 is 4.50. The van der Waals surface area contributed by atoms with E-state index in [1.165, 1.54) is 13.0 Å². The van der Waals surface area contributed by atoms with Crippen LogP contribution in [0.25, 0.3) is 0 Å². The van der Waals surface area contributed by atoms with E-state index in [9.17, 15) is 0 Å². The zero-order valence-electron chi connectivity index (χ0n) is 11.4. The van der Waals surface area contributed by atoms with Gasteiger partial charge in [-0.15, -0.1) is 0 Å². The lowest BCUT2D eigenvalue weighted by Crippen LogP contribution is -2.42. The van der Waals surface area contributed by atoms with Gasteiger partial charge >= 0.3 is 0 Å². The second-order valence-corrected chi connectivity index (χ2v) is 11.9. The molecule has 0 unspecified atom stereocenters. The second-order valence-electron chi connectivity index (χ2n) is 6.35. The average molecular weight is 262 g/mol. The summed E-state index contributed by atoms with van der Waals surface area (Å²) in [6.07, 6.45) is 1.23. The highest BCUT2D eigenvalue weighted by Gasteiger charge is 2.37. The number of likely N-dealkylation sites (tertiary alicyclic amines) is 1. The standard InChI is InChI=1S/C12H27NOSSi/c1-12(2,3)16(4,5)14-9-8-13-7-6-11(15)10-13/h11,15H,6-10H2,1-5H3/t11-/m0/s1. The van der Waals surface area contributed by atoms with Gasteiger partial charge in [-0.05, 0) is 31.1 Å². The summed E-state index contributed by atoms with van der Waals surface area (Å²) in [6, 6.07) is 0. The van der Waals surface area contributed by atoms with Gasteiger partial charge in [0, 0.05) is 24.9 Å². The van der Waals surface area contributed by atoms with Crippen molar-refractivity contribution in [2.24, 2.45) is 0 Å². The number of thiol groups is 1. The Kier molecular flexibility index (Phi) is 4.93. The van der Waals surface area contributed by atoms with Gasteiger partial charge in [0.1, 0.15) is 0 Å². The van der Waals surface area contributed by atoms with Crippen molar-refractivity contribution in [2.75, 3.05) is 26.2 Å². The molecule has 1 rings (SSSR count). The molecule has 2 nitrogen and oxygen atoms in total. The molecule has 0 bridgehead atoms. The molecule has 1 fully saturated rings. The smallest absolute Gasteiger partial charge is 0.192 e. The average Bonchev–Trinajstić information content (AvgIpc) is 2.49. The van der Waals surface area contributed by atoms with Crippen LogP contribution in [0.15, 0.2) is 0 Å². The lowest BCUT2D eigenvalue weighted by Gasteiger charge is -2.36. The molecule has 4 heteroatoms. The second kappa shape index (κ2) is 5.42. The highest BCUT2D eigenvalue weighted by atomic mass is 32.1. The largest absolute Gasteiger partial charge is 0.416 e. The first-order chi connectivity index (χ1) is 7.22. The van der Waals surface area contributed by atoms with Gasteiger partial charge in [-0.2, -0.15) is 12.6 Å². The number of hydrogen-bond donors (Lipinski definition) is 1. The first-order valence-electron chi connectivity index (χ1n) is 6.27. The van der Waals surface area contributed by atoms with Crippen molar-refractivity contribution in [3.05, 3.63) is 0 Å². The minimum Gasteiger partial charge on any atom is -0.416 e. The Hall–Kier alpha value is 0.487. The number of rotatable bonds is 4. The topological polar surface area (TPSA) is 12.5 Å². The van der Waals surface area contributed by atoms with Gasteiger partial charge in [0.25, 0.3) is 0 Å². The summed E-state index contributed by atoms with van der Waals surface area (Å²) in [4.78, 5) is 2.46. The maximum atomic E-state index is 6.16. The van der Waals surface area contributed by atoms with Crippen molar-refractivity contribution >= 4 is 20.9 Å². The molecule has 1 aliphatic rings. The van der Waals surface area contributed by atoms with E-state index in [1.807, 2.05) is 0 Å². The third-order valence-corrected chi connectivity index (χ3v) is 8.88. The van der Waals surface area contributed by atoms with Gasteiger partial charge in [-0.25, -0.2) is 0 Å². The van der Waals surface area contributed by atoms with Crippen LogP contribution in [0.2, 0.25) is 18.1 Å². The van der Waals surface area contributed by atoms with Gasteiger partial charge < -0.3 is 4.43 Å². The normalized spacial score (nSPS) is 24.0. The van der Waals surface area contributed by atoms with Crippen molar-refractivity contribution in [2.45, 2.75) is 50.6 Å². The van der Waals surface area contributed by atoms with Crippen LogP contribution >= 0.6 is 12.6 Å². The zero-order chi connectivity index (χ0) is 12.4. The summed E-state index contributed by atoms with van der Waals surface area (Å²) in [6.45, 7) is 15.8. The van der Waals surface area contributed by atoms with Gasteiger partial charge in [-0.3, -0.25) is 4.90 Å². The lowest BCUT2D eigenvalue weighted by molar-refractivity contribution is 0.223. The molecule has 0 saturated carbocycles. The molecule has 0 aromatic rings. The minimum atomic E-state index is -1.54. The molecule has 1 atom stereocenters. The highest BCUT2D eigenvalue weighted by Crippen LogP contribution is 2.36. The third kappa shape index (κ3) is 4.06. The van der Waals surface area contributed by atoms with E-state index >= 15 is 0 Å². The molecule has 0 aromatic carbocycles. The SMILES string of the molecule is CC(C)(C)[Si](C)(C)OCCN1CC[C@H](S)C1. The molecule has 0 aromatic heterocycles. The molecule has 0 spiro atoms. The van der Waals surface area contributed by atoms with E-state index in [0.29, 0.717) is 10.3 Å². The van der Waals surface area contributed by atoms with Gasteiger partial charge in [0.15, 0.2) is 8.32 Å². The van der Waals surface area contributed by atoms with Crippen molar-refractivity contribution in [3.8, 4) is 0 Å². The van der Waals surface area contributed by atoms with Crippen molar-refractivity contribution in [3.63, 3.8) is 0 Å². The van der Waals surface area contributed by atoms with Crippen LogP contribution in [0.3, 0.4) is 0 Å². The van der Waals surface area contributed by atoms with Crippen LogP contribution in [-0.2, 0) is 4.43 Å². The predicted octanol–water partition coefficient (Wildman–Crippen LogP) is 3.01. The van der Waals surface area contributed by atoms with Gasteiger partial charge in [-0.1, -0.05) is 20.8 Å². The molecule has 1 heterocycles. The summed E-state index contributed by atoms with van der Waals surface area (Å²) in [7, 11) is -1.54. The Morgan fingerprint density at radius 1 is 1.38 bits per heavy atom. The van der Waals surface area contributed by atoms with E-state index < -0.39 is 8.32 Å². The van der Waals surface area contributed by atoms with E-state index in [2.05, 4.69) is 51.4 Å². The number of hydrogen-bond acceptors (Lipinski definition) is 3. The maximum absolute atomic E-state index is 6.16. The van der Waals surface area contributed by atoms with Gasteiger partial charge in [0.2, 0.25) is 0 Å². The monoisotopic (exact) mass is 261 g/mol. The van der Waals surface area contributed by atoms with E-state index in [4.69, 9.17) is 4.43 Å². The third-order valence-electron chi connectivity index (χ3n) is 3.92. The summed E-state index contributed by atoms with van der Waals surface area (Å²) in [5.74, 6) is 0. The first-order valence-corrected chi connectivity index (χ1v) is 9.69. The van der Waals surface area contributed by atoms with Crippen LogP contribution in [0.4, 0.5) is 0 Å². The van der Waals surface area contributed by atoms with Crippen molar-refractivity contribution < 1.29 is 4.43 Å². The molecular weight excluding hydrogens is 234 g/mol. The molecule has 1 saturated heterocycles. The fourth-order valence-corrected chi connectivity index (χ4v) is 3.04. The maximum Gasteiger partial charge on any atom is 0.192 e. The van der Waals surface area contributed by atoms with Gasteiger partial charge in [0.05, 0.1) is 0 Å². The Labute approximate surface area is 107 Å². The Balaban J connectivity index is 2.25. The van der Waals surface area contributed by atoms with E-state index in [0.717, 1.165) is 19.7 Å². The summed E-state index contributed by atoms with van der Waals surface area (Å²) in [5, 5.41) is 0.900. The summed E-state index contributed by atoms with van der Waals surface area (Å²) in [5.41, 5.74) is 0. The molecule has 0 amide bonds. The minimum absolute atomic E-state index is 0.324. The molecule has 0 N–H and O–H groups in total. The molecule has 0 radical (unpaired) electrons. The number of nitrogens with zero attached hydrogens (tertiary/aromatic N) is 1. The molecule has 1 aliphatic heterocycles. The van der Waals surface area contributed by atoms with Crippen molar-refractivity contribution in [1.29, 1.82) is 0 Å². The van der Waals surface area contributed by atoms with Crippen LogP contribution in [-0.4, -0.2) is 44.7 Å². The molecule has 16 heavy (non-hydrogen) atoms. The Morgan fingerprint density at radius 2 is 2.00 bits per heavy atom. The van der Waals surface area contributed by atoms with E-state index in [-0.39, 0.29) is 0 Å². The first kappa shape index (κ1) is 14.5. The molecule has 0 aliphatic carbocycles. The van der Waals surface area contributed by atoms with Crippen LogP contribution in [0.1, 0.15) is 27.2 Å². The quantitative estimate of drug-likeness (QED) is 0.617. The van der Waals surface area contributed by atoms with Crippen LogP contribution < -0.4 is 0 Å². The van der Waals surface area contributed by atoms with Crippen molar-refractivity contribution in [1.82, 2.24) is 4.90 Å². The summed E-state index contributed by atoms with van der Waals surface area (Å²) < 4.78 is 6.16. The zero-order valence-corrected chi connectivity index (χ0v) is 13.3. The Morgan fingerprint density at radius 3 is 2.44 bits per heavy atom. The fourth-order valence-electron chi connectivity index (χ4n) is 1.66. The van der Waals surface area contributed by atoms with Crippen LogP contribution in [0.5, 0.6) is 0 Å². The molecular formula is C12H27NOSSi. The van der Waals surface area contributed by atoms with Crippen LogP contribution in [0, 0.1) is 0 Å². The Bertz CT molecular complexity index is 228. The molecule has 96 valence electrons. The fraction of sp³-hybridized carbons (Fsp3) is 1.00. The predicted molar refractivity (Wildman–Crippen MR) is 77.0 cm³/mol.